The molecule has 2 aromatic rings. The van der Waals surface area contributed by atoms with Crippen molar-refractivity contribution < 1.29 is 14.6 Å². The maximum absolute atomic E-state index is 13.4. The molecular weight excluding hydrogens is 221 g/mol. The Kier molecular flexibility index (Phi) is 4.21. The van der Waals surface area contributed by atoms with E-state index in [1.807, 2.05) is 12.1 Å². The van der Waals surface area contributed by atoms with E-state index >= 15 is 0 Å². The number of ether oxygens (including phenoxy) is 1. The lowest BCUT2D eigenvalue weighted by Gasteiger charge is -2.06. The van der Waals surface area contributed by atoms with Crippen molar-refractivity contribution >= 4 is 0 Å². The summed E-state index contributed by atoms with van der Waals surface area (Å²) in [7, 11) is 0. The van der Waals surface area contributed by atoms with Gasteiger partial charge in [-0.25, -0.2) is 4.39 Å². The molecule has 0 aliphatic rings. The molecule has 0 unspecified atom stereocenters. The van der Waals surface area contributed by atoms with Crippen LogP contribution in [0.5, 0.6) is 11.5 Å². The van der Waals surface area contributed by atoms with Crippen molar-refractivity contribution in [2.24, 2.45) is 0 Å². The third kappa shape index (κ3) is 3.03. The van der Waals surface area contributed by atoms with Crippen molar-refractivity contribution in [3.63, 3.8) is 0 Å². The molecule has 0 atom stereocenters. The third-order valence-electron chi connectivity index (χ3n) is 2.03. The lowest BCUT2D eigenvalue weighted by molar-refractivity contribution is 0.442. The van der Waals surface area contributed by atoms with Crippen molar-refractivity contribution in [3.8, 4) is 17.6 Å². The second-order valence-corrected chi connectivity index (χ2v) is 3.17. The van der Waals surface area contributed by atoms with Crippen LogP contribution in [0.1, 0.15) is 5.56 Å². The van der Waals surface area contributed by atoms with Crippen LogP contribution >= 0.6 is 0 Å². The average Bonchev–Trinajstić information content (AvgIpc) is 2.33. The van der Waals surface area contributed by atoms with Gasteiger partial charge in [-0.1, -0.05) is 18.2 Å². The summed E-state index contributed by atoms with van der Waals surface area (Å²) in [6.07, 6.45) is 0. The molecule has 2 rings (SSSR count). The first kappa shape index (κ1) is 12.7. The summed E-state index contributed by atoms with van der Waals surface area (Å²) in [6.45, 7) is 0. The number of para-hydroxylation sites is 1. The summed E-state index contributed by atoms with van der Waals surface area (Å²) in [5.74, 6) is 0.138. The van der Waals surface area contributed by atoms with Gasteiger partial charge in [-0.05, 0) is 30.3 Å². The summed E-state index contributed by atoms with van der Waals surface area (Å²) in [4.78, 5) is 0. The maximum Gasteiger partial charge on any atom is 0.167 e. The van der Waals surface area contributed by atoms with Gasteiger partial charge in [-0.2, -0.15) is 5.26 Å². The Hall–Kier alpha value is -2.38. The van der Waals surface area contributed by atoms with Crippen LogP contribution in [0.25, 0.3) is 0 Å². The van der Waals surface area contributed by atoms with Gasteiger partial charge >= 0.3 is 0 Å². The summed E-state index contributed by atoms with van der Waals surface area (Å²) in [5, 5.41) is 8.59. The molecule has 17 heavy (non-hydrogen) atoms. The van der Waals surface area contributed by atoms with Crippen LogP contribution in [0.15, 0.2) is 48.5 Å². The molecule has 0 aliphatic heterocycles. The maximum atomic E-state index is 13.4. The molecule has 3 nitrogen and oxygen atoms in total. The van der Waals surface area contributed by atoms with E-state index in [4.69, 9.17) is 10.00 Å². The van der Waals surface area contributed by atoms with Crippen LogP contribution in [0.2, 0.25) is 0 Å². The summed E-state index contributed by atoms with van der Waals surface area (Å²) < 4.78 is 18.8. The molecule has 0 fully saturated rings. The predicted octanol–water partition coefficient (Wildman–Crippen LogP) is 2.66. The quantitative estimate of drug-likeness (QED) is 0.797. The molecule has 0 heterocycles. The largest absolute Gasteiger partial charge is 0.454 e. The number of rotatable bonds is 2. The normalized spacial score (nSPS) is 8.94. The zero-order valence-corrected chi connectivity index (χ0v) is 8.85. The van der Waals surface area contributed by atoms with Crippen molar-refractivity contribution in [2.45, 2.75) is 0 Å². The third-order valence-corrected chi connectivity index (χ3v) is 2.03. The van der Waals surface area contributed by atoms with Gasteiger partial charge in [0.2, 0.25) is 0 Å². The number of benzene rings is 2. The highest BCUT2D eigenvalue weighted by molar-refractivity contribution is 5.38. The first-order valence-electron chi connectivity index (χ1n) is 4.72. The molecule has 0 amide bonds. The highest BCUT2D eigenvalue weighted by Crippen LogP contribution is 2.24. The fraction of sp³-hybridized carbons (Fsp3) is 0. The van der Waals surface area contributed by atoms with Crippen molar-refractivity contribution in [2.75, 3.05) is 0 Å². The predicted molar refractivity (Wildman–Crippen MR) is 61.2 cm³/mol. The van der Waals surface area contributed by atoms with Gasteiger partial charge in [0, 0.05) is 0 Å². The van der Waals surface area contributed by atoms with Crippen LogP contribution in [-0.4, -0.2) is 5.48 Å². The SMILES string of the molecule is N#Cc1ccc(Oc2ccccc2)c(F)c1.O. The smallest absolute Gasteiger partial charge is 0.167 e. The highest BCUT2D eigenvalue weighted by atomic mass is 19.1. The Labute approximate surface area is 98.0 Å². The molecule has 0 aromatic heterocycles. The Morgan fingerprint density at radius 1 is 1.06 bits per heavy atom. The number of halogens is 1. The molecule has 2 aromatic carbocycles. The van der Waals surface area contributed by atoms with Crippen LogP contribution in [-0.2, 0) is 0 Å². The van der Waals surface area contributed by atoms with E-state index in [-0.39, 0.29) is 16.8 Å². The molecular formula is C13H10FNO2. The van der Waals surface area contributed by atoms with Crippen molar-refractivity contribution in [3.05, 3.63) is 59.9 Å². The molecule has 4 heteroatoms. The van der Waals surface area contributed by atoms with Gasteiger partial charge in [-0.15, -0.1) is 0 Å². The first-order chi connectivity index (χ1) is 7.79. The molecule has 0 aliphatic carbocycles. The Morgan fingerprint density at radius 3 is 2.35 bits per heavy atom. The van der Waals surface area contributed by atoms with Crippen LogP contribution < -0.4 is 4.74 Å². The molecule has 0 spiro atoms. The van der Waals surface area contributed by atoms with E-state index in [1.165, 1.54) is 12.1 Å². The van der Waals surface area contributed by atoms with Gasteiger partial charge < -0.3 is 10.2 Å². The van der Waals surface area contributed by atoms with Gasteiger partial charge in [0.05, 0.1) is 11.6 Å². The lowest BCUT2D eigenvalue weighted by Crippen LogP contribution is -1.88. The average molecular weight is 231 g/mol. The minimum atomic E-state index is -0.539. The van der Waals surface area contributed by atoms with E-state index in [2.05, 4.69) is 0 Å². The van der Waals surface area contributed by atoms with Gasteiger partial charge in [0.25, 0.3) is 0 Å². The summed E-state index contributed by atoms with van der Waals surface area (Å²) >= 11 is 0. The van der Waals surface area contributed by atoms with Crippen LogP contribution in [0.4, 0.5) is 4.39 Å². The van der Waals surface area contributed by atoms with E-state index in [9.17, 15) is 4.39 Å². The fourth-order valence-corrected chi connectivity index (χ4v) is 1.27. The highest BCUT2D eigenvalue weighted by Gasteiger charge is 2.05. The van der Waals surface area contributed by atoms with Crippen LogP contribution in [0, 0.1) is 17.1 Å². The Bertz CT molecular complexity index is 535. The number of hydrogen-bond acceptors (Lipinski definition) is 2. The monoisotopic (exact) mass is 231 g/mol. The van der Waals surface area contributed by atoms with Crippen LogP contribution in [0.3, 0.4) is 0 Å². The standard InChI is InChI=1S/C13H8FNO.H2O/c14-12-8-10(9-15)6-7-13(12)16-11-4-2-1-3-5-11;/h1-8H;1H2. The van der Waals surface area contributed by atoms with Gasteiger partial charge in [0.1, 0.15) is 5.75 Å². The van der Waals surface area contributed by atoms with Gasteiger partial charge in [0.15, 0.2) is 11.6 Å². The van der Waals surface area contributed by atoms with E-state index in [0.29, 0.717) is 5.75 Å². The second-order valence-electron chi connectivity index (χ2n) is 3.17. The zero-order chi connectivity index (χ0) is 11.4. The molecule has 0 saturated heterocycles. The second kappa shape index (κ2) is 5.64. The molecule has 86 valence electrons. The topological polar surface area (TPSA) is 64.5 Å². The number of hydrogen-bond donors (Lipinski definition) is 0. The van der Waals surface area contributed by atoms with E-state index in [1.54, 1.807) is 24.3 Å². The minimum absolute atomic E-state index is 0. The Morgan fingerprint density at radius 2 is 1.76 bits per heavy atom. The van der Waals surface area contributed by atoms with E-state index < -0.39 is 5.82 Å². The molecule has 2 N–H and O–H groups in total. The summed E-state index contributed by atoms with van der Waals surface area (Å²) in [5.41, 5.74) is 0.276. The summed E-state index contributed by atoms with van der Waals surface area (Å²) in [6, 6.07) is 14.9. The molecule has 0 bridgehead atoms. The first-order valence-corrected chi connectivity index (χ1v) is 4.72. The van der Waals surface area contributed by atoms with E-state index in [0.717, 1.165) is 6.07 Å². The lowest BCUT2D eigenvalue weighted by atomic mass is 10.2. The molecule has 0 radical (unpaired) electrons. The van der Waals surface area contributed by atoms with Crippen molar-refractivity contribution in [1.29, 1.82) is 5.26 Å². The number of nitrogens with zero attached hydrogens (tertiary/aromatic N) is 1. The molecule has 0 saturated carbocycles. The zero-order valence-electron chi connectivity index (χ0n) is 8.85. The minimum Gasteiger partial charge on any atom is -0.454 e. The Balaban J connectivity index is 0.00000144. The van der Waals surface area contributed by atoms with Crippen molar-refractivity contribution in [1.82, 2.24) is 0 Å². The number of nitriles is 1. The van der Waals surface area contributed by atoms with Gasteiger partial charge in [-0.3, -0.25) is 0 Å². The fourth-order valence-electron chi connectivity index (χ4n) is 1.27.